The minimum atomic E-state index is -0.869. The van der Waals surface area contributed by atoms with Crippen LogP contribution in [-0.2, 0) is 6.54 Å². The molecule has 1 atom stereocenters. The first-order chi connectivity index (χ1) is 12.5. The molecule has 26 heavy (non-hydrogen) atoms. The highest BCUT2D eigenvalue weighted by Gasteiger charge is 2.39. The molecule has 0 bridgehead atoms. The van der Waals surface area contributed by atoms with Crippen molar-refractivity contribution in [1.82, 2.24) is 9.80 Å². The molecule has 1 fully saturated rings. The fourth-order valence-electron chi connectivity index (χ4n) is 3.52. The molecule has 2 aromatic rings. The van der Waals surface area contributed by atoms with Crippen LogP contribution in [0.1, 0.15) is 22.3 Å². The van der Waals surface area contributed by atoms with Crippen molar-refractivity contribution in [2.45, 2.75) is 18.6 Å². The maximum atomic E-state index is 12.6. The molecule has 0 spiro atoms. The largest absolute Gasteiger partial charge is 0.497 e. The molecule has 0 aromatic heterocycles. The van der Waals surface area contributed by atoms with Crippen molar-refractivity contribution in [3.05, 3.63) is 65.7 Å². The van der Waals surface area contributed by atoms with Crippen LogP contribution in [0, 0.1) is 0 Å². The average molecular weight is 354 g/mol. The predicted octanol–water partition coefficient (Wildman–Crippen LogP) is 2.40. The van der Waals surface area contributed by atoms with Crippen LogP contribution in [-0.4, -0.2) is 60.2 Å². The Morgan fingerprint density at radius 3 is 2.54 bits per heavy atom. The molecule has 5 nitrogen and oxygen atoms in total. The molecule has 1 N–H and O–H groups in total. The van der Waals surface area contributed by atoms with E-state index in [0.717, 1.165) is 17.9 Å². The van der Waals surface area contributed by atoms with Gasteiger partial charge in [0, 0.05) is 25.2 Å². The van der Waals surface area contributed by atoms with Gasteiger partial charge in [0.15, 0.2) is 0 Å². The zero-order valence-corrected chi connectivity index (χ0v) is 15.4. The summed E-state index contributed by atoms with van der Waals surface area (Å²) >= 11 is 0. The second-order valence-corrected chi connectivity index (χ2v) is 7.09. The number of carbonyl (C=O) groups excluding carboxylic acids is 1. The highest BCUT2D eigenvalue weighted by molar-refractivity contribution is 5.94. The number of aliphatic hydroxyl groups is 1. The van der Waals surface area contributed by atoms with Crippen molar-refractivity contribution >= 4 is 5.91 Å². The van der Waals surface area contributed by atoms with Gasteiger partial charge in [0.25, 0.3) is 5.91 Å². The van der Waals surface area contributed by atoms with Crippen molar-refractivity contribution in [2.75, 3.05) is 33.8 Å². The summed E-state index contributed by atoms with van der Waals surface area (Å²) in [5, 5.41) is 10.9. The SMILES string of the molecule is COc1ccc(CN(C)C[C@]2(O)CCN(C(=O)c3ccccc3)C2)cc1. The van der Waals surface area contributed by atoms with E-state index >= 15 is 0 Å². The molecular weight excluding hydrogens is 328 g/mol. The minimum absolute atomic E-state index is 0.0145. The number of hydrogen-bond donors (Lipinski definition) is 1. The second-order valence-electron chi connectivity index (χ2n) is 7.09. The Bertz CT molecular complexity index is 733. The number of rotatable bonds is 6. The van der Waals surface area contributed by atoms with Gasteiger partial charge in [0.05, 0.1) is 19.3 Å². The summed E-state index contributed by atoms with van der Waals surface area (Å²) in [5.74, 6) is 0.820. The van der Waals surface area contributed by atoms with Crippen molar-refractivity contribution in [2.24, 2.45) is 0 Å². The van der Waals surface area contributed by atoms with Crippen molar-refractivity contribution < 1.29 is 14.6 Å². The summed E-state index contributed by atoms with van der Waals surface area (Å²) in [4.78, 5) is 16.4. The molecule has 1 heterocycles. The number of β-amino-alcohol motifs (C(OH)–C–C–N with tert-alkyl or cyclic N) is 1. The number of amides is 1. The van der Waals surface area contributed by atoms with Crippen LogP contribution < -0.4 is 4.74 Å². The second kappa shape index (κ2) is 7.89. The Morgan fingerprint density at radius 1 is 1.19 bits per heavy atom. The van der Waals surface area contributed by atoms with Gasteiger partial charge in [-0.2, -0.15) is 0 Å². The van der Waals surface area contributed by atoms with Gasteiger partial charge in [-0.05, 0) is 43.3 Å². The monoisotopic (exact) mass is 354 g/mol. The Labute approximate surface area is 154 Å². The highest BCUT2D eigenvalue weighted by Crippen LogP contribution is 2.24. The zero-order valence-electron chi connectivity index (χ0n) is 15.4. The fourth-order valence-corrected chi connectivity index (χ4v) is 3.52. The number of ether oxygens (including phenoxy) is 1. The number of benzene rings is 2. The van der Waals surface area contributed by atoms with Gasteiger partial charge < -0.3 is 14.7 Å². The van der Waals surface area contributed by atoms with Crippen LogP contribution in [0.15, 0.2) is 54.6 Å². The molecule has 1 aliphatic rings. The molecule has 5 heteroatoms. The summed E-state index contributed by atoms with van der Waals surface area (Å²) in [7, 11) is 3.64. The number of carbonyl (C=O) groups is 1. The van der Waals surface area contributed by atoms with Crippen LogP contribution in [0.2, 0.25) is 0 Å². The van der Waals surface area contributed by atoms with Crippen LogP contribution in [0.4, 0.5) is 0 Å². The van der Waals surface area contributed by atoms with E-state index in [1.54, 1.807) is 12.0 Å². The average Bonchev–Trinajstić information content (AvgIpc) is 3.04. The summed E-state index contributed by atoms with van der Waals surface area (Å²) < 4.78 is 5.18. The number of likely N-dealkylation sites (N-methyl/N-ethyl adjacent to an activating group) is 1. The van der Waals surface area contributed by atoms with Crippen LogP contribution in [0.3, 0.4) is 0 Å². The first-order valence-electron chi connectivity index (χ1n) is 8.87. The summed E-state index contributed by atoms with van der Waals surface area (Å²) in [5.41, 5.74) is 0.960. The van der Waals surface area contributed by atoms with E-state index in [1.165, 1.54) is 0 Å². The molecule has 2 aromatic carbocycles. The van der Waals surface area contributed by atoms with Gasteiger partial charge >= 0.3 is 0 Å². The van der Waals surface area contributed by atoms with E-state index in [0.29, 0.717) is 31.6 Å². The smallest absolute Gasteiger partial charge is 0.253 e. The lowest BCUT2D eigenvalue weighted by Crippen LogP contribution is -2.44. The lowest BCUT2D eigenvalue weighted by atomic mass is 10.0. The van der Waals surface area contributed by atoms with Crippen LogP contribution >= 0.6 is 0 Å². The molecule has 0 saturated carbocycles. The number of nitrogens with zero attached hydrogens (tertiary/aromatic N) is 2. The molecule has 1 aliphatic heterocycles. The Morgan fingerprint density at radius 2 is 1.88 bits per heavy atom. The Kier molecular flexibility index (Phi) is 5.59. The number of methoxy groups -OCH3 is 1. The van der Waals surface area contributed by atoms with E-state index in [9.17, 15) is 9.90 Å². The molecule has 0 radical (unpaired) electrons. The molecule has 1 amide bonds. The fraction of sp³-hybridized carbons (Fsp3) is 0.381. The van der Waals surface area contributed by atoms with Gasteiger partial charge in [0.2, 0.25) is 0 Å². The lowest BCUT2D eigenvalue weighted by molar-refractivity contribution is 0.0164. The van der Waals surface area contributed by atoms with E-state index in [4.69, 9.17) is 4.74 Å². The van der Waals surface area contributed by atoms with E-state index in [1.807, 2.05) is 61.6 Å². The Balaban J connectivity index is 1.56. The first kappa shape index (κ1) is 18.4. The van der Waals surface area contributed by atoms with E-state index in [2.05, 4.69) is 4.90 Å². The molecule has 1 saturated heterocycles. The van der Waals surface area contributed by atoms with E-state index in [-0.39, 0.29) is 5.91 Å². The van der Waals surface area contributed by atoms with E-state index < -0.39 is 5.60 Å². The Hall–Kier alpha value is -2.37. The summed E-state index contributed by atoms with van der Waals surface area (Å²) in [6.07, 6.45) is 0.596. The van der Waals surface area contributed by atoms with Crippen molar-refractivity contribution in [1.29, 1.82) is 0 Å². The third kappa shape index (κ3) is 4.42. The van der Waals surface area contributed by atoms with Crippen molar-refractivity contribution in [3.63, 3.8) is 0 Å². The quantitative estimate of drug-likeness (QED) is 0.866. The summed E-state index contributed by atoms with van der Waals surface area (Å²) in [6, 6.07) is 17.2. The maximum Gasteiger partial charge on any atom is 0.253 e. The van der Waals surface area contributed by atoms with Gasteiger partial charge in [0.1, 0.15) is 5.75 Å². The van der Waals surface area contributed by atoms with Crippen molar-refractivity contribution in [3.8, 4) is 5.75 Å². The van der Waals surface area contributed by atoms with Gasteiger partial charge in [-0.3, -0.25) is 9.69 Å². The zero-order chi connectivity index (χ0) is 18.6. The molecule has 0 unspecified atom stereocenters. The molecule has 3 rings (SSSR count). The van der Waals surface area contributed by atoms with Gasteiger partial charge in [-0.1, -0.05) is 30.3 Å². The first-order valence-corrected chi connectivity index (χ1v) is 8.87. The number of hydrogen-bond acceptors (Lipinski definition) is 4. The molecule has 138 valence electrons. The standard InChI is InChI=1S/C21H26N2O3/c1-22(14-17-8-10-19(26-2)11-9-17)15-21(25)12-13-23(16-21)20(24)18-6-4-3-5-7-18/h3-11,25H,12-16H2,1-2H3/t21-/m1/s1. The topological polar surface area (TPSA) is 53.0 Å². The normalized spacial score (nSPS) is 19.8. The third-order valence-electron chi connectivity index (χ3n) is 4.82. The predicted molar refractivity (Wildman–Crippen MR) is 101 cm³/mol. The van der Waals surface area contributed by atoms with Crippen LogP contribution in [0.25, 0.3) is 0 Å². The lowest BCUT2D eigenvalue weighted by Gasteiger charge is -2.29. The van der Waals surface area contributed by atoms with Crippen LogP contribution in [0.5, 0.6) is 5.75 Å². The third-order valence-corrected chi connectivity index (χ3v) is 4.82. The van der Waals surface area contributed by atoms with Gasteiger partial charge in [-0.15, -0.1) is 0 Å². The summed E-state index contributed by atoms with van der Waals surface area (Å²) in [6.45, 7) is 2.21. The van der Waals surface area contributed by atoms with Gasteiger partial charge in [-0.25, -0.2) is 0 Å². The minimum Gasteiger partial charge on any atom is -0.497 e. The number of likely N-dealkylation sites (tertiary alicyclic amines) is 1. The molecular formula is C21H26N2O3. The maximum absolute atomic E-state index is 12.6. The molecule has 0 aliphatic carbocycles. The highest BCUT2D eigenvalue weighted by atomic mass is 16.5.